The van der Waals surface area contributed by atoms with E-state index < -0.39 is 12.7 Å². The summed E-state index contributed by atoms with van der Waals surface area (Å²) in [4.78, 5) is 13.7. The van der Waals surface area contributed by atoms with E-state index in [1.54, 1.807) is 18.2 Å². The van der Waals surface area contributed by atoms with Crippen molar-refractivity contribution in [1.29, 1.82) is 0 Å². The second-order valence-corrected chi connectivity index (χ2v) is 4.70. The molecule has 1 aliphatic rings. The summed E-state index contributed by atoms with van der Waals surface area (Å²) in [5.41, 5.74) is 0.807. The second-order valence-electron chi connectivity index (χ2n) is 4.70. The molecule has 21 heavy (non-hydrogen) atoms. The molecule has 3 heterocycles. The Bertz CT molecular complexity index is 612. The highest BCUT2D eigenvalue weighted by Crippen LogP contribution is 2.21. The van der Waals surface area contributed by atoms with Gasteiger partial charge in [0.05, 0.1) is 12.4 Å². The SMILES string of the molecule is O=C(c1cc(-c2ccco2)[nH]n1)N1CC[C@H](OC(F)F)C1. The van der Waals surface area contributed by atoms with E-state index in [1.165, 1.54) is 11.2 Å². The molecule has 1 fully saturated rings. The molecule has 0 unspecified atom stereocenters. The zero-order chi connectivity index (χ0) is 14.8. The summed E-state index contributed by atoms with van der Waals surface area (Å²) in [6.07, 6.45) is 1.29. The van der Waals surface area contributed by atoms with Gasteiger partial charge < -0.3 is 14.1 Å². The molecule has 1 aliphatic heterocycles. The van der Waals surface area contributed by atoms with E-state index in [9.17, 15) is 13.6 Å². The van der Waals surface area contributed by atoms with Crippen LogP contribution in [0.4, 0.5) is 8.78 Å². The van der Waals surface area contributed by atoms with Crippen LogP contribution >= 0.6 is 0 Å². The molecular weight excluding hydrogens is 284 g/mol. The molecule has 2 aromatic rings. The number of hydrogen-bond donors (Lipinski definition) is 1. The van der Waals surface area contributed by atoms with E-state index in [2.05, 4.69) is 14.9 Å². The predicted molar refractivity (Wildman–Crippen MR) is 67.7 cm³/mol. The molecule has 1 saturated heterocycles. The number of carbonyl (C=O) groups excluding carboxylic acids is 1. The Kier molecular flexibility index (Phi) is 3.70. The van der Waals surface area contributed by atoms with Crippen LogP contribution in [0.1, 0.15) is 16.9 Å². The maximum absolute atomic E-state index is 12.2. The summed E-state index contributed by atoms with van der Waals surface area (Å²) in [7, 11) is 0. The molecule has 6 nitrogen and oxygen atoms in total. The van der Waals surface area contributed by atoms with Crippen molar-refractivity contribution in [3.8, 4) is 11.5 Å². The van der Waals surface area contributed by atoms with Crippen molar-refractivity contribution in [2.75, 3.05) is 13.1 Å². The summed E-state index contributed by atoms with van der Waals surface area (Å²) in [5, 5.41) is 6.65. The van der Waals surface area contributed by atoms with E-state index in [0.717, 1.165) is 0 Å². The number of ether oxygens (including phenoxy) is 1. The van der Waals surface area contributed by atoms with Gasteiger partial charge in [0.25, 0.3) is 5.91 Å². The third kappa shape index (κ3) is 2.94. The summed E-state index contributed by atoms with van der Waals surface area (Å²) in [6.45, 7) is -2.30. The van der Waals surface area contributed by atoms with Crippen LogP contribution in [-0.2, 0) is 4.74 Å². The Hall–Kier alpha value is -2.22. The number of aromatic amines is 1. The smallest absolute Gasteiger partial charge is 0.345 e. The van der Waals surface area contributed by atoms with Gasteiger partial charge in [-0.05, 0) is 18.6 Å². The number of rotatable bonds is 4. The van der Waals surface area contributed by atoms with Crippen LogP contribution in [0.5, 0.6) is 0 Å². The summed E-state index contributed by atoms with van der Waals surface area (Å²) in [6, 6.07) is 5.04. The Balaban J connectivity index is 1.66. The zero-order valence-electron chi connectivity index (χ0n) is 11.0. The van der Waals surface area contributed by atoms with Crippen LogP contribution in [0.15, 0.2) is 28.9 Å². The third-order valence-corrected chi connectivity index (χ3v) is 3.31. The van der Waals surface area contributed by atoms with Gasteiger partial charge in [-0.1, -0.05) is 0 Å². The number of hydrogen-bond acceptors (Lipinski definition) is 4. The lowest BCUT2D eigenvalue weighted by Gasteiger charge is -2.15. The molecule has 8 heteroatoms. The van der Waals surface area contributed by atoms with Crippen LogP contribution in [-0.4, -0.2) is 46.8 Å². The van der Waals surface area contributed by atoms with E-state index in [-0.39, 0.29) is 18.1 Å². The van der Waals surface area contributed by atoms with Gasteiger partial charge in [-0.3, -0.25) is 9.89 Å². The normalized spacial score (nSPS) is 18.6. The molecule has 0 spiro atoms. The van der Waals surface area contributed by atoms with Crippen molar-refractivity contribution in [2.24, 2.45) is 0 Å². The number of furan rings is 1. The average molecular weight is 297 g/mol. The molecule has 0 bridgehead atoms. The molecule has 2 aromatic heterocycles. The Morgan fingerprint density at radius 1 is 1.57 bits per heavy atom. The molecule has 112 valence electrons. The van der Waals surface area contributed by atoms with Crippen LogP contribution < -0.4 is 0 Å². The lowest BCUT2D eigenvalue weighted by atomic mass is 10.3. The summed E-state index contributed by atoms with van der Waals surface area (Å²) < 4.78 is 33.9. The van der Waals surface area contributed by atoms with E-state index in [4.69, 9.17) is 4.42 Å². The van der Waals surface area contributed by atoms with Gasteiger partial charge in [0.1, 0.15) is 5.69 Å². The highest BCUT2D eigenvalue weighted by Gasteiger charge is 2.30. The fourth-order valence-electron chi connectivity index (χ4n) is 2.32. The predicted octanol–water partition coefficient (Wildman–Crippen LogP) is 2.12. The molecular formula is C13H13F2N3O3. The Labute approximate surface area is 118 Å². The van der Waals surface area contributed by atoms with Crippen molar-refractivity contribution in [2.45, 2.75) is 19.1 Å². The highest BCUT2D eigenvalue weighted by molar-refractivity contribution is 5.93. The van der Waals surface area contributed by atoms with Gasteiger partial charge >= 0.3 is 6.61 Å². The fraction of sp³-hybridized carbons (Fsp3) is 0.385. The number of aromatic nitrogens is 2. The Morgan fingerprint density at radius 3 is 3.14 bits per heavy atom. The number of amides is 1. The fourth-order valence-corrected chi connectivity index (χ4v) is 2.32. The molecule has 3 rings (SSSR count). The number of halogens is 2. The quantitative estimate of drug-likeness (QED) is 0.938. The summed E-state index contributed by atoms with van der Waals surface area (Å²) >= 11 is 0. The van der Waals surface area contributed by atoms with Gasteiger partial charge in [-0.25, -0.2) is 0 Å². The minimum Gasteiger partial charge on any atom is -0.463 e. The van der Waals surface area contributed by atoms with Gasteiger partial charge in [-0.15, -0.1) is 0 Å². The van der Waals surface area contributed by atoms with Crippen LogP contribution in [0, 0.1) is 0 Å². The van der Waals surface area contributed by atoms with Crippen molar-refractivity contribution in [3.05, 3.63) is 30.2 Å². The number of H-pyrrole nitrogens is 1. The first kappa shape index (κ1) is 13.7. The largest absolute Gasteiger partial charge is 0.463 e. The topological polar surface area (TPSA) is 71.4 Å². The minimum atomic E-state index is -2.82. The van der Waals surface area contributed by atoms with E-state index in [1.807, 2.05) is 0 Å². The molecule has 1 atom stereocenters. The van der Waals surface area contributed by atoms with Gasteiger partial charge in [0.2, 0.25) is 0 Å². The Morgan fingerprint density at radius 2 is 2.43 bits per heavy atom. The lowest BCUT2D eigenvalue weighted by Crippen LogP contribution is -2.30. The molecule has 1 N–H and O–H groups in total. The monoisotopic (exact) mass is 297 g/mol. The van der Waals surface area contributed by atoms with Crippen molar-refractivity contribution >= 4 is 5.91 Å². The number of nitrogens with zero attached hydrogens (tertiary/aromatic N) is 2. The number of alkyl halides is 2. The van der Waals surface area contributed by atoms with Crippen molar-refractivity contribution in [1.82, 2.24) is 15.1 Å². The average Bonchev–Trinajstić information content (AvgIpc) is 3.18. The molecule has 0 radical (unpaired) electrons. The first-order chi connectivity index (χ1) is 10.1. The number of likely N-dealkylation sites (tertiary alicyclic amines) is 1. The van der Waals surface area contributed by atoms with Gasteiger partial charge in [0.15, 0.2) is 11.5 Å². The highest BCUT2D eigenvalue weighted by atomic mass is 19.3. The van der Waals surface area contributed by atoms with Gasteiger partial charge in [0, 0.05) is 19.2 Å². The molecule has 0 saturated carbocycles. The number of nitrogens with one attached hydrogen (secondary N) is 1. The minimum absolute atomic E-state index is 0.145. The molecule has 0 aromatic carbocycles. The van der Waals surface area contributed by atoms with Crippen LogP contribution in [0.3, 0.4) is 0 Å². The number of carbonyl (C=O) groups is 1. The maximum atomic E-state index is 12.2. The standard InChI is InChI=1S/C13H13F2N3O3/c14-13(15)21-8-3-4-18(7-8)12(19)10-6-9(16-17-10)11-2-1-5-20-11/h1-2,5-6,8,13H,3-4,7H2,(H,16,17)/t8-/m0/s1. The first-order valence-electron chi connectivity index (χ1n) is 6.45. The second kappa shape index (κ2) is 5.65. The van der Waals surface area contributed by atoms with Crippen molar-refractivity contribution in [3.63, 3.8) is 0 Å². The molecule has 0 aliphatic carbocycles. The van der Waals surface area contributed by atoms with Crippen LogP contribution in [0.2, 0.25) is 0 Å². The van der Waals surface area contributed by atoms with Crippen molar-refractivity contribution < 1.29 is 22.7 Å². The lowest BCUT2D eigenvalue weighted by molar-refractivity contribution is -0.158. The summed E-state index contributed by atoms with van der Waals surface area (Å²) in [5.74, 6) is 0.256. The van der Waals surface area contributed by atoms with E-state index >= 15 is 0 Å². The van der Waals surface area contributed by atoms with E-state index in [0.29, 0.717) is 24.4 Å². The van der Waals surface area contributed by atoms with Crippen LogP contribution in [0.25, 0.3) is 11.5 Å². The zero-order valence-corrected chi connectivity index (χ0v) is 11.0. The maximum Gasteiger partial charge on any atom is 0.345 e. The van der Waals surface area contributed by atoms with Gasteiger partial charge in [-0.2, -0.15) is 13.9 Å². The first-order valence-corrected chi connectivity index (χ1v) is 6.45. The molecule has 1 amide bonds. The third-order valence-electron chi connectivity index (χ3n) is 3.31.